The van der Waals surface area contributed by atoms with Crippen LogP contribution in [0.4, 0.5) is 10.6 Å². The normalized spacial score (nSPS) is 26.3. The molecular weight excluding hydrogens is 296 g/mol. The van der Waals surface area contributed by atoms with E-state index < -0.39 is 5.60 Å². The number of rotatable bonds is 3. The first-order chi connectivity index (χ1) is 11.1. The van der Waals surface area contributed by atoms with Gasteiger partial charge in [0.05, 0.1) is 19.2 Å². The van der Waals surface area contributed by atoms with E-state index in [1.54, 1.807) is 4.90 Å². The second kappa shape index (κ2) is 6.88. The van der Waals surface area contributed by atoms with Crippen LogP contribution in [0.2, 0.25) is 0 Å². The Bertz CT molecular complexity index is 541. The molecule has 2 fully saturated rings. The minimum Gasteiger partial charge on any atom is -0.393 e. The average molecular weight is 322 g/mol. The highest BCUT2D eigenvalue weighted by Gasteiger charge is 2.34. The number of aliphatic hydroxyl groups is 2. The van der Waals surface area contributed by atoms with Crippen LogP contribution < -0.4 is 5.32 Å². The Morgan fingerprint density at radius 2 is 2.13 bits per heavy atom. The second-order valence-corrected chi connectivity index (χ2v) is 6.81. The van der Waals surface area contributed by atoms with Crippen molar-refractivity contribution in [2.24, 2.45) is 0 Å². The molecule has 3 N–H and O–H groups in total. The number of piperidine rings is 1. The average Bonchev–Trinajstić information content (AvgIpc) is 3.04. The van der Waals surface area contributed by atoms with Gasteiger partial charge in [0.1, 0.15) is 5.60 Å². The van der Waals surface area contributed by atoms with E-state index in [9.17, 15) is 15.0 Å². The summed E-state index contributed by atoms with van der Waals surface area (Å²) in [6.07, 6.45) is 9.18. The van der Waals surface area contributed by atoms with Crippen molar-refractivity contribution in [3.8, 4) is 0 Å². The number of urea groups is 1. The van der Waals surface area contributed by atoms with Crippen LogP contribution in [0.5, 0.6) is 0 Å². The van der Waals surface area contributed by atoms with Crippen molar-refractivity contribution in [2.75, 3.05) is 25.0 Å². The lowest BCUT2D eigenvalue weighted by Crippen LogP contribution is -2.53. The van der Waals surface area contributed by atoms with Crippen LogP contribution in [0, 0.1) is 0 Å². The lowest BCUT2D eigenvalue weighted by molar-refractivity contribution is -0.0558. The molecule has 0 spiro atoms. The summed E-state index contributed by atoms with van der Waals surface area (Å²) in [6.45, 7) is 0.406. The number of nitrogens with zero attached hydrogens (tertiary/aromatic N) is 3. The molecular formula is C16H26N4O3. The van der Waals surface area contributed by atoms with Gasteiger partial charge in [-0.25, -0.2) is 4.79 Å². The number of anilines is 1. The standard InChI is InChI=1S/C16H26N4O3/c21-12-16(23)8-4-9-19(11-16)15(22)17-14-7-10-20(18-14)13-5-2-1-3-6-13/h7,10,13,21,23H,1-6,8-9,11-12H2,(H,17,18,22)/t16-/m0/s1. The molecule has 0 bridgehead atoms. The van der Waals surface area contributed by atoms with Crippen LogP contribution in [0.1, 0.15) is 51.0 Å². The van der Waals surface area contributed by atoms with Gasteiger partial charge < -0.3 is 15.1 Å². The van der Waals surface area contributed by atoms with Gasteiger partial charge in [-0.3, -0.25) is 10.00 Å². The third kappa shape index (κ3) is 3.84. The molecule has 0 radical (unpaired) electrons. The van der Waals surface area contributed by atoms with Crippen LogP contribution in [0.3, 0.4) is 0 Å². The molecule has 1 aliphatic heterocycles. The van der Waals surface area contributed by atoms with Crippen LogP contribution >= 0.6 is 0 Å². The molecule has 1 aromatic heterocycles. The Morgan fingerprint density at radius 3 is 2.87 bits per heavy atom. The van der Waals surface area contributed by atoms with E-state index >= 15 is 0 Å². The summed E-state index contributed by atoms with van der Waals surface area (Å²) >= 11 is 0. The first kappa shape index (κ1) is 16.3. The zero-order valence-electron chi connectivity index (χ0n) is 13.4. The molecule has 2 aliphatic rings. The van der Waals surface area contributed by atoms with Gasteiger partial charge in [-0.1, -0.05) is 19.3 Å². The topological polar surface area (TPSA) is 90.6 Å². The number of carbonyl (C=O) groups excluding carboxylic acids is 1. The Labute approximate surface area is 136 Å². The Morgan fingerprint density at radius 1 is 1.35 bits per heavy atom. The first-order valence-electron chi connectivity index (χ1n) is 8.54. The minimum absolute atomic E-state index is 0.151. The van der Waals surface area contributed by atoms with E-state index in [0.29, 0.717) is 31.2 Å². The quantitative estimate of drug-likeness (QED) is 0.790. The van der Waals surface area contributed by atoms with E-state index in [0.717, 1.165) is 12.8 Å². The summed E-state index contributed by atoms with van der Waals surface area (Å²) in [6, 6.07) is 1.98. The molecule has 7 nitrogen and oxygen atoms in total. The highest BCUT2D eigenvalue weighted by molar-refractivity contribution is 5.88. The zero-order chi connectivity index (χ0) is 16.3. The van der Waals surface area contributed by atoms with Crippen molar-refractivity contribution in [2.45, 2.75) is 56.6 Å². The Balaban J connectivity index is 1.58. The van der Waals surface area contributed by atoms with Crippen LogP contribution in [0.25, 0.3) is 0 Å². The number of hydrogen-bond acceptors (Lipinski definition) is 4. The maximum Gasteiger partial charge on any atom is 0.323 e. The van der Waals surface area contributed by atoms with Crippen LogP contribution in [-0.4, -0.2) is 56.2 Å². The Hall–Kier alpha value is -1.60. The SMILES string of the molecule is O=C(Nc1ccn(C2CCCCC2)n1)N1CCC[C@@](O)(CO)C1. The molecule has 2 heterocycles. The number of amides is 2. The fraction of sp³-hybridized carbons (Fsp3) is 0.750. The molecule has 1 aromatic rings. The summed E-state index contributed by atoms with van der Waals surface area (Å²) in [5, 5.41) is 26.7. The largest absolute Gasteiger partial charge is 0.393 e. The van der Waals surface area contributed by atoms with Crippen molar-refractivity contribution in [3.05, 3.63) is 12.3 Å². The van der Waals surface area contributed by atoms with E-state index in [1.165, 1.54) is 19.3 Å². The molecule has 1 saturated heterocycles. The molecule has 1 atom stereocenters. The van der Waals surface area contributed by atoms with Gasteiger partial charge in [0.15, 0.2) is 5.82 Å². The number of nitrogens with one attached hydrogen (secondary N) is 1. The van der Waals surface area contributed by atoms with E-state index in [2.05, 4.69) is 10.4 Å². The Kier molecular flexibility index (Phi) is 4.87. The second-order valence-electron chi connectivity index (χ2n) is 6.81. The molecule has 0 aromatic carbocycles. The van der Waals surface area contributed by atoms with Crippen molar-refractivity contribution in [1.82, 2.24) is 14.7 Å². The van der Waals surface area contributed by atoms with Crippen molar-refractivity contribution in [3.63, 3.8) is 0 Å². The summed E-state index contributed by atoms with van der Waals surface area (Å²) in [5.74, 6) is 0.540. The van der Waals surface area contributed by atoms with Gasteiger partial charge in [-0.15, -0.1) is 0 Å². The molecule has 128 valence electrons. The van der Waals surface area contributed by atoms with Gasteiger partial charge in [-0.2, -0.15) is 5.10 Å². The predicted octanol–water partition coefficient (Wildman–Crippen LogP) is 1.74. The van der Waals surface area contributed by atoms with Gasteiger partial charge in [-0.05, 0) is 25.7 Å². The smallest absolute Gasteiger partial charge is 0.323 e. The predicted molar refractivity (Wildman–Crippen MR) is 86.2 cm³/mol. The van der Waals surface area contributed by atoms with E-state index in [4.69, 9.17) is 0 Å². The number of hydrogen-bond donors (Lipinski definition) is 3. The van der Waals surface area contributed by atoms with E-state index in [-0.39, 0.29) is 19.2 Å². The fourth-order valence-corrected chi connectivity index (χ4v) is 3.56. The van der Waals surface area contributed by atoms with Gasteiger partial charge >= 0.3 is 6.03 Å². The number of aromatic nitrogens is 2. The van der Waals surface area contributed by atoms with Gasteiger partial charge in [0, 0.05) is 18.8 Å². The lowest BCUT2D eigenvalue weighted by Gasteiger charge is -2.37. The fourth-order valence-electron chi connectivity index (χ4n) is 3.56. The minimum atomic E-state index is -1.18. The summed E-state index contributed by atoms with van der Waals surface area (Å²) in [5.41, 5.74) is -1.18. The molecule has 1 aliphatic carbocycles. The molecule has 7 heteroatoms. The molecule has 1 saturated carbocycles. The first-order valence-corrected chi connectivity index (χ1v) is 8.54. The van der Waals surface area contributed by atoms with Gasteiger partial charge in [0.2, 0.25) is 0 Å². The number of β-amino-alcohol motifs (C(OH)–C–C–N with tert-alkyl or cyclic N) is 1. The maximum atomic E-state index is 12.3. The van der Waals surface area contributed by atoms with E-state index in [1.807, 2.05) is 16.9 Å². The zero-order valence-corrected chi connectivity index (χ0v) is 13.4. The monoisotopic (exact) mass is 322 g/mol. The third-order valence-corrected chi connectivity index (χ3v) is 4.93. The van der Waals surface area contributed by atoms with Crippen molar-refractivity contribution >= 4 is 11.8 Å². The van der Waals surface area contributed by atoms with Crippen molar-refractivity contribution < 1.29 is 15.0 Å². The van der Waals surface area contributed by atoms with Gasteiger partial charge in [0.25, 0.3) is 0 Å². The molecule has 0 unspecified atom stereocenters. The van der Waals surface area contributed by atoms with Crippen LogP contribution in [-0.2, 0) is 0 Å². The molecule has 23 heavy (non-hydrogen) atoms. The highest BCUT2D eigenvalue weighted by Crippen LogP contribution is 2.28. The number of aliphatic hydroxyl groups excluding tert-OH is 1. The highest BCUT2D eigenvalue weighted by atomic mass is 16.3. The summed E-state index contributed by atoms with van der Waals surface area (Å²) in [4.78, 5) is 13.9. The number of likely N-dealkylation sites (tertiary alicyclic amines) is 1. The maximum absolute atomic E-state index is 12.3. The lowest BCUT2D eigenvalue weighted by atomic mass is 9.94. The summed E-state index contributed by atoms with van der Waals surface area (Å²) < 4.78 is 1.95. The molecule has 3 rings (SSSR count). The third-order valence-electron chi connectivity index (χ3n) is 4.93. The van der Waals surface area contributed by atoms with Crippen molar-refractivity contribution in [1.29, 1.82) is 0 Å². The molecule has 2 amide bonds. The van der Waals surface area contributed by atoms with Crippen LogP contribution in [0.15, 0.2) is 12.3 Å². The summed E-state index contributed by atoms with van der Waals surface area (Å²) in [7, 11) is 0. The number of carbonyl (C=O) groups is 1.